The van der Waals surface area contributed by atoms with Crippen LogP contribution >= 0.6 is 15.9 Å². The van der Waals surface area contributed by atoms with Crippen LogP contribution in [0.4, 0.5) is 0 Å². The van der Waals surface area contributed by atoms with Crippen molar-refractivity contribution in [3.05, 3.63) is 70.5 Å². The average molecular weight is 363 g/mol. The van der Waals surface area contributed by atoms with Crippen LogP contribution in [0.5, 0.6) is 0 Å². The van der Waals surface area contributed by atoms with Gasteiger partial charge in [-0.25, -0.2) is 0 Å². The lowest BCUT2D eigenvalue weighted by Gasteiger charge is -2.33. The van der Waals surface area contributed by atoms with Gasteiger partial charge in [-0.05, 0) is 49.7 Å². The van der Waals surface area contributed by atoms with Gasteiger partial charge in [-0.1, -0.05) is 34.1 Å². The van der Waals surface area contributed by atoms with E-state index in [9.17, 15) is 0 Å². The Labute approximate surface area is 142 Å². The lowest BCUT2D eigenvalue weighted by molar-refractivity contribution is 0.606. The van der Waals surface area contributed by atoms with Crippen LogP contribution in [0.25, 0.3) is 27.5 Å². The van der Waals surface area contributed by atoms with Gasteiger partial charge in [0, 0.05) is 26.9 Å². The first kappa shape index (κ1) is 13.3. The maximum absolute atomic E-state index is 4.73. The highest BCUT2D eigenvalue weighted by molar-refractivity contribution is 9.10. The number of rotatable bonds is 0. The van der Waals surface area contributed by atoms with Crippen LogP contribution in [0.2, 0.25) is 0 Å². The topological polar surface area (TPSA) is 17.8 Å². The number of para-hydroxylation sites is 1. The fourth-order valence-corrected chi connectivity index (χ4v) is 4.34. The largest absolute Gasteiger partial charge is 0.307 e. The van der Waals surface area contributed by atoms with E-state index in [1.54, 1.807) is 0 Å². The number of halogens is 1. The second-order valence-corrected chi connectivity index (χ2v) is 7.61. The Balaban J connectivity index is 2.13. The molecule has 5 rings (SSSR count). The SMILES string of the molecule is CC1(C)c2ncccc2-n2c3ccc(Br)cc3c3cccc1c32. The Morgan fingerprint density at radius 1 is 1.00 bits per heavy atom. The van der Waals surface area contributed by atoms with Crippen LogP contribution in [-0.2, 0) is 5.41 Å². The quantitative estimate of drug-likeness (QED) is 0.399. The molecule has 2 aromatic heterocycles. The predicted octanol–water partition coefficient (Wildman–Crippen LogP) is 5.58. The van der Waals surface area contributed by atoms with E-state index in [1.165, 1.54) is 33.1 Å². The summed E-state index contributed by atoms with van der Waals surface area (Å²) in [5.41, 5.74) is 6.12. The fraction of sp³-hybridized carbons (Fsp3) is 0.150. The van der Waals surface area contributed by atoms with E-state index in [0.717, 1.165) is 10.2 Å². The Morgan fingerprint density at radius 3 is 2.74 bits per heavy atom. The van der Waals surface area contributed by atoms with Crippen molar-refractivity contribution in [2.75, 3.05) is 0 Å². The van der Waals surface area contributed by atoms with Crippen LogP contribution in [0.3, 0.4) is 0 Å². The van der Waals surface area contributed by atoms with Gasteiger partial charge in [-0.15, -0.1) is 0 Å². The summed E-state index contributed by atoms with van der Waals surface area (Å²) < 4.78 is 3.49. The van der Waals surface area contributed by atoms with Crippen LogP contribution in [0.1, 0.15) is 25.1 Å². The van der Waals surface area contributed by atoms with E-state index >= 15 is 0 Å². The summed E-state index contributed by atoms with van der Waals surface area (Å²) in [6, 6.07) is 17.4. The molecule has 112 valence electrons. The molecule has 0 saturated carbocycles. The van der Waals surface area contributed by atoms with E-state index in [1.807, 2.05) is 12.3 Å². The molecule has 3 heterocycles. The second kappa shape index (κ2) is 4.24. The molecule has 3 heteroatoms. The minimum Gasteiger partial charge on any atom is -0.307 e. The third kappa shape index (κ3) is 1.56. The van der Waals surface area contributed by atoms with E-state index in [0.29, 0.717) is 0 Å². The summed E-state index contributed by atoms with van der Waals surface area (Å²) >= 11 is 3.62. The summed E-state index contributed by atoms with van der Waals surface area (Å²) in [6.45, 7) is 4.54. The molecule has 0 radical (unpaired) electrons. The highest BCUT2D eigenvalue weighted by Crippen LogP contribution is 2.46. The Kier molecular flexibility index (Phi) is 2.45. The molecule has 4 aromatic rings. The summed E-state index contributed by atoms with van der Waals surface area (Å²) in [4.78, 5) is 4.73. The van der Waals surface area contributed by atoms with Crippen molar-refractivity contribution in [1.29, 1.82) is 0 Å². The van der Waals surface area contributed by atoms with E-state index in [2.05, 4.69) is 76.8 Å². The third-order valence-corrected chi connectivity index (χ3v) is 5.54. The predicted molar refractivity (Wildman–Crippen MR) is 98.4 cm³/mol. The van der Waals surface area contributed by atoms with Gasteiger partial charge >= 0.3 is 0 Å². The van der Waals surface area contributed by atoms with E-state index in [-0.39, 0.29) is 5.41 Å². The molecule has 2 aromatic carbocycles. The van der Waals surface area contributed by atoms with E-state index < -0.39 is 0 Å². The van der Waals surface area contributed by atoms with Crippen molar-refractivity contribution in [3.8, 4) is 5.69 Å². The van der Waals surface area contributed by atoms with Gasteiger partial charge in [-0.3, -0.25) is 4.98 Å². The molecule has 0 fully saturated rings. The molecule has 0 bridgehead atoms. The average Bonchev–Trinajstić information content (AvgIpc) is 2.88. The molecular weight excluding hydrogens is 348 g/mol. The van der Waals surface area contributed by atoms with Gasteiger partial charge in [-0.2, -0.15) is 0 Å². The number of aromatic nitrogens is 2. The molecule has 0 saturated heterocycles. The summed E-state index contributed by atoms with van der Waals surface area (Å²) in [6.07, 6.45) is 1.90. The molecule has 2 nitrogen and oxygen atoms in total. The lowest BCUT2D eigenvalue weighted by atomic mass is 9.77. The van der Waals surface area contributed by atoms with Crippen molar-refractivity contribution in [2.24, 2.45) is 0 Å². The number of pyridine rings is 1. The smallest absolute Gasteiger partial charge is 0.0744 e. The van der Waals surface area contributed by atoms with Crippen LogP contribution in [0, 0.1) is 0 Å². The van der Waals surface area contributed by atoms with Gasteiger partial charge in [0.2, 0.25) is 0 Å². The zero-order valence-electron chi connectivity index (χ0n) is 13.0. The molecule has 23 heavy (non-hydrogen) atoms. The van der Waals surface area contributed by atoms with Gasteiger partial charge in [0.1, 0.15) is 0 Å². The van der Waals surface area contributed by atoms with Crippen molar-refractivity contribution in [3.63, 3.8) is 0 Å². The van der Waals surface area contributed by atoms with Crippen LogP contribution in [0.15, 0.2) is 59.2 Å². The number of fused-ring (bicyclic) bond motifs is 5. The van der Waals surface area contributed by atoms with Crippen molar-refractivity contribution < 1.29 is 0 Å². The molecule has 0 unspecified atom stereocenters. The number of hydrogen-bond acceptors (Lipinski definition) is 1. The summed E-state index contributed by atoms with van der Waals surface area (Å²) in [7, 11) is 0. The Morgan fingerprint density at radius 2 is 1.87 bits per heavy atom. The first-order chi connectivity index (χ1) is 11.1. The van der Waals surface area contributed by atoms with Crippen molar-refractivity contribution >= 4 is 37.7 Å². The highest BCUT2D eigenvalue weighted by Gasteiger charge is 2.35. The number of hydrogen-bond donors (Lipinski definition) is 0. The second-order valence-electron chi connectivity index (χ2n) is 6.69. The fourth-order valence-electron chi connectivity index (χ4n) is 3.98. The number of benzene rings is 2. The first-order valence-corrected chi connectivity index (χ1v) is 8.57. The molecule has 1 aliphatic heterocycles. The summed E-state index contributed by atoms with van der Waals surface area (Å²) in [5.74, 6) is 0. The Bertz CT molecular complexity index is 1110. The minimum atomic E-state index is -0.0995. The van der Waals surface area contributed by atoms with Crippen LogP contribution < -0.4 is 0 Å². The van der Waals surface area contributed by atoms with Gasteiger partial charge in [0.05, 0.1) is 22.4 Å². The molecule has 0 N–H and O–H groups in total. The van der Waals surface area contributed by atoms with Crippen molar-refractivity contribution in [2.45, 2.75) is 19.3 Å². The molecule has 0 spiro atoms. The highest BCUT2D eigenvalue weighted by atomic mass is 79.9. The van der Waals surface area contributed by atoms with Gasteiger partial charge in [0.25, 0.3) is 0 Å². The molecule has 1 aliphatic rings. The first-order valence-electron chi connectivity index (χ1n) is 7.78. The van der Waals surface area contributed by atoms with Crippen LogP contribution in [-0.4, -0.2) is 9.55 Å². The monoisotopic (exact) mass is 362 g/mol. The number of nitrogens with zero attached hydrogens (tertiary/aromatic N) is 2. The Hall–Kier alpha value is -2.13. The zero-order valence-corrected chi connectivity index (χ0v) is 14.6. The zero-order chi connectivity index (χ0) is 15.8. The third-order valence-electron chi connectivity index (χ3n) is 5.04. The molecule has 0 amide bonds. The maximum Gasteiger partial charge on any atom is 0.0744 e. The minimum absolute atomic E-state index is 0.0995. The van der Waals surface area contributed by atoms with Crippen molar-refractivity contribution in [1.82, 2.24) is 9.55 Å². The standard InChI is InChI=1S/C20H15BrN2/c1-20(2)15-6-3-5-13-14-11-12(21)8-9-16(14)23(18(13)15)17-7-4-10-22-19(17)20/h3-11H,1-2H3. The maximum atomic E-state index is 4.73. The summed E-state index contributed by atoms with van der Waals surface area (Å²) in [5, 5.41) is 2.59. The van der Waals surface area contributed by atoms with E-state index in [4.69, 9.17) is 4.98 Å². The molecule has 0 atom stereocenters. The molecular formula is C20H15BrN2. The molecule has 0 aliphatic carbocycles. The van der Waals surface area contributed by atoms with Gasteiger partial charge in [0.15, 0.2) is 0 Å². The normalized spacial score (nSPS) is 15.1. The van der Waals surface area contributed by atoms with Gasteiger partial charge < -0.3 is 4.57 Å². The lowest BCUT2D eigenvalue weighted by Crippen LogP contribution is -2.27.